The molecule has 2 heterocycles. The minimum absolute atomic E-state index is 0.00633. The molecule has 0 aliphatic carbocycles. The van der Waals surface area contributed by atoms with Crippen LogP contribution >= 0.6 is 15.9 Å². The predicted octanol–water partition coefficient (Wildman–Crippen LogP) is 3.20. The van der Waals surface area contributed by atoms with Crippen LogP contribution in [0.15, 0.2) is 51.8 Å². The van der Waals surface area contributed by atoms with E-state index in [-0.39, 0.29) is 27.5 Å². The number of aromatic nitrogens is 3. The fraction of sp³-hybridized carbons (Fsp3) is 0.0667. The van der Waals surface area contributed by atoms with Crippen molar-refractivity contribution in [2.24, 2.45) is 0 Å². The summed E-state index contributed by atoms with van der Waals surface area (Å²) in [6.07, 6.45) is 3.34. The second-order valence-corrected chi connectivity index (χ2v) is 5.79. The van der Waals surface area contributed by atoms with Crippen molar-refractivity contribution in [3.63, 3.8) is 0 Å². The van der Waals surface area contributed by atoms with Crippen LogP contribution in [0.1, 0.15) is 11.3 Å². The largest absolute Gasteiger partial charge is 0.361 e. The molecule has 0 saturated heterocycles. The Morgan fingerprint density at radius 1 is 1.36 bits per heavy atom. The van der Waals surface area contributed by atoms with E-state index in [0.29, 0.717) is 11.6 Å². The smallest absolute Gasteiger partial charge is 0.202 e. The summed E-state index contributed by atoms with van der Waals surface area (Å²) in [5, 5.41) is 29.1. The number of nitrogens with one attached hydrogen (secondary N) is 2. The zero-order chi connectivity index (χ0) is 17.8. The molecule has 3 N–H and O–H groups in total. The summed E-state index contributed by atoms with van der Waals surface area (Å²) in [7, 11) is 0. The molecule has 8 nitrogen and oxygen atoms in total. The number of rotatable bonds is 5. The highest BCUT2D eigenvalue weighted by molar-refractivity contribution is 9.10. The maximum Gasteiger partial charge on any atom is 0.202 e. The molecule has 1 aromatic carbocycles. The summed E-state index contributed by atoms with van der Waals surface area (Å²) in [4.78, 5) is 4.00. The average Bonchev–Trinajstić information content (AvgIpc) is 3.10. The lowest BCUT2D eigenvalue weighted by Gasteiger charge is -2.16. The summed E-state index contributed by atoms with van der Waals surface area (Å²) >= 11 is 3.03. The molecule has 3 aromatic rings. The van der Waals surface area contributed by atoms with Crippen molar-refractivity contribution in [1.82, 2.24) is 15.3 Å². The quantitative estimate of drug-likeness (QED) is 0.338. The van der Waals surface area contributed by atoms with Crippen molar-refractivity contribution < 1.29 is 14.2 Å². The van der Waals surface area contributed by atoms with E-state index < -0.39 is 5.82 Å². The van der Waals surface area contributed by atoms with Gasteiger partial charge in [-0.15, -0.1) is 0 Å². The van der Waals surface area contributed by atoms with Crippen molar-refractivity contribution in [2.75, 3.05) is 10.4 Å². The molecular formula is C15H12BrFN6O2. The number of hydroxylamine groups is 1. The van der Waals surface area contributed by atoms with E-state index in [4.69, 9.17) is 5.41 Å². The Bertz CT molecular complexity index is 889. The molecule has 0 aliphatic rings. The number of hydrogen-bond acceptors (Lipinski definition) is 7. The van der Waals surface area contributed by atoms with Gasteiger partial charge < -0.3 is 5.32 Å². The van der Waals surface area contributed by atoms with Crippen molar-refractivity contribution in [1.29, 1.82) is 5.41 Å². The van der Waals surface area contributed by atoms with Gasteiger partial charge in [-0.05, 0) is 56.1 Å². The Labute approximate surface area is 149 Å². The van der Waals surface area contributed by atoms with Gasteiger partial charge in [-0.1, -0.05) is 6.07 Å². The van der Waals surface area contributed by atoms with Gasteiger partial charge in [0.15, 0.2) is 11.5 Å². The van der Waals surface area contributed by atoms with Crippen LogP contribution in [0.3, 0.4) is 0 Å². The van der Waals surface area contributed by atoms with Crippen LogP contribution in [0.4, 0.5) is 15.9 Å². The van der Waals surface area contributed by atoms with E-state index in [0.717, 1.165) is 5.56 Å². The molecule has 0 radical (unpaired) electrons. The maximum absolute atomic E-state index is 13.3. The maximum atomic E-state index is 13.3. The highest BCUT2D eigenvalue weighted by atomic mass is 79.9. The zero-order valence-electron chi connectivity index (χ0n) is 12.6. The third-order valence-electron chi connectivity index (χ3n) is 3.26. The monoisotopic (exact) mass is 406 g/mol. The molecule has 3 rings (SSSR count). The normalized spacial score (nSPS) is 10.5. The first kappa shape index (κ1) is 17.0. The first-order valence-electron chi connectivity index (χ1n) is 7.04. The second kappa shape index (κ2) is 7.36. The zero-order valence-corrected chi connectivity index (χ0v) is 14.2. The van der Waals surface area contributed by atoms with Gasteiger partial charge in [0.05, 0.1) is 10.2 Å². The molecule has 0 unspecified atom stereocenters. The van der Waals surface area contributed by atoms with Gasteiger partial charge in [0, 0.05) is 18.9 Å². The summed E-state index contributed by atoms with van der Waals surface area (Å²) in [6.45, 7) is 0.385. The van der Waals surface area contributed by atoms with Crippen LogP contribution in [0.5, 0.6) is 0 Å². The number of benzene rings is 1. The molecular weight excluding hydrogens is 395 g/mol. The molecule has 0 aliphatic heterocycles. The van der Waals surface area contributed by atoms with Crippen molar-refractivity contribution in [3.05, 3.63) is 64.3 Å². The van der Waals surface area contributed by atoms with E-state index in [1.165, 1.54) is 18.2 Å². The molecule has 128 valence electrons. The van der Waals surface area contributed by atoms with E-state index in [9.17, 15) is 9.60 Å². The lowest BCUT2D eigenvalue weighted by atomic mass is 10.2. The third-order valence-corrected chi connectivity index (χ3v) is 3.86. The molecule has 2 aromatic heterocycles. The number of hydrogen-bond donors (Lipinski definition) is 3. The number of amidine groups is 1. The fourth-order valence-electron chi connectivity index (χ4n) is 1.99. The van der Waals surface area contributed by atoms with E-state index in [2.05, 4.69) is 41.2 Å². The summed E-state index contributed by atoms with van der Waals surface area (Å²) in [6, 6.07) is 7.49. The van der Waals surface area contributed by atoms with Crippen molar-refractivity contribution in [3.8, 4) is 0 Å². The fourth-order valence-corrected chi connectivity index (χ4v) is 2.36. The van der Waals surface area contributed by atoms with E-state index in [1.54, 1.807) is 18.5 Å². The molecule has 0 fully saturated rings. The van der Waals surface area contributed by atoms with Crippen LogP contribution in [-0.2, 0) is 6.54 Å². The van der Waals surface area contributed by atoms with Gasteiger partial charge in [0.25, 0.3) is 0 Å². The van der Waals surface area contributed by atoms with Crippen LogP contribution in [0.2, 0.25) is 0 Å². The van der Waals surface area contributed by atoms with E-state index >= 15 is 0 Å². The van der Waals surface area contributed by atoms with E-state index in [1.807, 2.05) is 6.07 Å². The number of anilines is 2. The summed E-state index contributed by atoms with van der Waals surface area (Å²) in [5.41, 5.74) is 1.08. The summed E-state index contributed by atoms with van der Waals surface area (Å²) < 4.78 is 18.1. The summed E-state index contributed by atoms with van der Waals surface area (Å²) in [5.74, 6) is -0.673. The predicted molar refractivity (Wildman–Crippen MR) is 91.1 cm³/mol. The molecule has 0 spiro atoms. The molecule has 25 heavy (non-hydrogen) atoms. The molecule has 0 atom stereocenters. The minimum atomic E-state index is -0.481. The highest BCUT2D eigenvalue weighted by Gasteiger charge is 2.21. The van der Waals surface area contributed by atoms with Gasteiger partial charge in [-0.2, -0.15) is 0 Å². The topological polar surface area (TPSA) is 111 Å². The first-order valence-corrected chi connectivity index (χ1v) is 7.84. The van der Waals surface area contributed by atoms with Crippen LogP contribution in [0, 0.1) is 11.2 Å². The van der Waals surface area contributed by atoms with Gasteiger partial charge >= 0.3 is 0 Å². The van der Waals surface area contributed by atoms with Crippen molar-refractivity contribution in [2.45, 2.75) is 6.54 Å². The number of pyridine rings is 1. The van der Waals surface area contributed by atoms with Gasteiger partial charge in [-0.3, -0.25) is 15.6 Å². The Morgan fingerprint density at radius 2 is 2.20 bits per heavy atom. The number of halogens is 2. The van der Waals surface area contributed by atoms with Crippen molar-refractivity contribution >= 4 is 33.3 Å². The van der Waals surface area contributed by atoms with Gasteiger partial charge in [0.1, 0.15) is 5.82 Å². The molecule has 0 bridgehead atoms. The third kappa shape index (κ3) is 3.80. The second-order valence-electron chi connectivity index (χ2n) is 4.94. The Balaban J connectivity index is 1.76. The lowest BCUT2D eigenvalue weighted by molar-refractivity contribution is 0.300. The van der Waals surface area contributed by atoms with Crippen LogP contribution < -0.4 is 10.4 Å². The molecule has 0 saturated carbocycles. The van der Waals surface area contributed by atoms with Crippen LogP contribution in [0.25, 0.3) is 0 Å². The molecule has 0 amide bonds. The van der Waals surface area contributed by atoms with Gasteiger partial charge in [-0.25, -0.2) is 14.1 Å². The highest BCUT2D eigenvalue weighted by Crippen LogP contribution is 2.24. The Hall–Kier alpha value is -2.85. The Morgan fingerprint density at radius 3 is 2.92 bits per heavy atom. The first-order chi connectivity index (χ1) is 12.1. The van der Waals surface area contributed by atoms with Crippen LogP contribution in [-0.4, -0.2) is 26.3 Å². The minimum Gasteiger partial charge on any atom is -0.361 e. The van der Waals surface area contributed by atoms with Gasteiger partial charge in [0.2, 0.25) is 5.82 Å². The average molecular weight is 407 g/mol. The Kier molecular flexibility index (Phi) is 5.00. The lowest BCUT2D eigenvalue weighted by Crippen LogP contribution is -2.28. The number of nitrogens with zero attached hydrogens (tertiary/aromatic N) is 4. The molecule has 10 heteroatoms. The SMILES string of the molecule is N=C(c1nonc1NCc1cccnc1)N(O)c1ccc(F)c(Br)c1. The standard InChI is InChI=1S/C15H12BrFN6O2/c16-11-6-10(3-4-12(11)17)23(24)14(18)13-15(22-25-21-13)20-8-9-2-1-5-19-7-9/h1-7,18,24H,8H2,(H,20,22).